The third kappa shape index (κ3) is 2.54. The van der Waals surface area contributed by atoms with Crippen molar-refractivity contribution in [3.63, 3.8) is 0 Å². The molecule has 0 fully saturated rings. The summed E-state index contributed by atoms with van der Waals surface area (Å²) in [6.07, 6.45) is 0. The minimum Gasteiger partial charge on any atom is -0.341 e. The number of aromatic amines is 2. The molecule has 3 N–H and O–H groups in total. The third-order valence-corrected chi connectivity index (χ3v) is 3.33. The van der Waals surface area contributed by atoms with Crippen molar-refractivity contribution in [1.82, 2.24) is 9.97 Å². The molecular formula is C18H17N3. The van der Waals surface area contributed by atoms with Gasteiger partial charge in [0.2, 0.25) is 0 Å². The second-order valence-corrected chi connectivity index (χ2v) is 4.67. The van der Waals surface area contributed by atoms with Gasteiger partial charge in [0.05, 0.1) is 0 Å². The summed E-state index contributed by atoms with van der Waals surface area (Å²) in [5.74, 6) is 1.99. The molecule has 21 heavy (non-hydrogen) atoms. The van der Waals surface area contributed by atoms with Crippen molar-refractivity contribution in [1.29, 1.82) is 0 Å². The Kier molecular flexibility index (Phi) is 3.48. The fourth-order valence-corrected chi connectivity index (χ4v) is 2.43. The lowest BCUT2D eigenvalue weighted by molar-refractivity contribution is 1.36. The fraction of sp³-hybridized carbons (Fsp3) is 0. The molecule has 0 bridgehead atoms. The summed E-state index contributed by atoms with van der Waals surface area (Å²) < 4.78 is 0. The first-order chi connectivity index (χ1) is 10.4. The van der Waals surface area contributed by atoms with Crippen LogP contribution in [0.2, 0.25) is 0 Å². The number of aromatic nitrogens is 2. The molecule has 0 amide bonds. The van der Waals surface area contributed by atoms with Gasteiger partial charge in [-0.3, -0.25) is 0 Å². The Labute approximate surface area is 123 Å². The summed E-state index contributed by atoms with van der Waals surface area (Å²) >= 11 is 0. The molecule has 0 spiro atoms. The molecule has 0 unspecified atom stereocenters. The molecule has 0 atom stereocenters. The molecule has 0 aliphatic rings. The molecule has 0 saturated carbocycles. The highest BCUT2D eigenvalue weighted by atomic mass is 15.1. The van der Waals surface area contributed by atoms with Crippen molar-refractivity contribution < 1.29 is 0 Å². The van der Waals surface area contributed by atoms with Crippen LogP contribution in [0.1, 0.15) is 0 Å². The molecule has 2 aromatic carbocycles. The molecule has 3 nitrogen and oxygen atoms in total. The van der Waals surface area contributed by atoms with Crippen LogP contribution in [0.15, 0.2) is 73.8 Å². The van der Waals surface area contributed by atoms with E-state index in [1.807, 2.05) is 24.3 Å². The minimum atomic E-state index is 0.993. The van der Waals surface area contributed by atoms with E-state index < -0.39 is 0 Å². The predicted molar refractivity (Wildman–Crippen MR) is 91.1 cm³/mol. The van der Waals surface area contributed by atoms with Crippen molar-refractivity contribution in [2.45, 2.75) is 0 Å². The number of benzene rings is 2. The van der Waals surface area contributed by atoms with Crippen molar-refractivity contribution in [3.05, 3.63) is 73.8 Å². The van der Waals surface area contributed by atoms with Gasteiger partial charge in [0.1, 0.15) is 11.6 Å². The van der Waals surface area contributed by atoms with E-state index in [4.69, 9.17) is 0 Å². The topological polar surface area (TPSA) is 43.6 Å². The van der Waals surface area contributed by atoms with E-state index in [0.717, 1.165) is 22.7 Å². The van der Waals surface area contributed by atoms with Gasteiger partial charge in [-0.25, -0.2) is 0 Å². The van der Waals surface area contributed by atoms with Crippen LogP contribution in [-0.2, 0) is 0 Å². The van der Waals surface area contributed by atoms with Crippen LogP contribution in [0.3, 0.4) is 0 Å². The van der Waals surface area contributed by atoms with Crippen LogP contribution in [0.4, 0.5) is 11.6 Å². The Morgan fingerprint density at radius 2 is 1.10 bits per heavy atom. The molecule has 0 aliphatic heterocycles. The Morgan fingerprint density at radius 3 is 1.52 bits per heavy atom. The Balaban J connectivity index is 0.000000636. The molecule has 3 heteroatoms. The lowest BCUT2D eigenvalue weighted by atomic mass is 10.2. The Morgan fingerprint density at radius 1 is 0.667 bits per heavy atom. The van der Waals surface area contributed by atoms with Crippen LogP contribution < -0.4 is 5.32 Å². The SMILES string of the molecule is C=C.c1ccc2[nH]c(Nc3cc4ccccc4[nH]3)cc2c1. The van der Waals surface area contributed by atoms with Gasteiger partial charge in [-0.1, -0.05) is 36.4 Å². The molecule has 0 aliphatic carbocycles. The van der Waals surface area contributed by atoms with E-state index in [0.29, 0.717) is 0 Å². The summed E-state index contributed by atoms with van der Waals surface area (Å²) in [5, 5.41) is 5.79. The van der Waals surface area contributed by atoms with Crippen molar-refractivity contribution in [2.75, 3.05) is 5.32 Å². The highest BCUT2D eigenvalue weighted by molar-refractivity contribution is 5.87. The number of fused-ring (bicyclic) bond motifs is 2. The second kappa shape index (κ2) is 5.59. The summed E-state index contributed by atoms with van der Waals surface area (Å²) in [4.78, 5) is 6.71. The summed E-state index contributed by atoms with van der Waals surface area (Å²) in [6.45, 7) is 6.00. The number of hydrogen-bond donors (Lipinski definition) is 3. The summed E-state index contributed by atoms with van der Waals surface area (Å²) in [5.41, 5.74) is 2.28. The number of H-pyrrole nitrogens is 2. The average molecular weight is 275 g/mol. The zero-order chi connectivity index (χ0) is 14.7. The van der Waals surface area contributed by atoms with E-state index in [-0.39, 0.29) is 0 Å². The zero-order valence-corrected chi connectivity index (χ0v) is 11.7. The lowest BCUT2D eigenvalue weighted by Crippen LogP contribution is -1.89. The first kappa shape index (κ1) is 13.1. The van der Waals surface area contributed by atoms with Gasteiger partial charge in [0.15, 0.2) is 0 Å². The first-order valence-electron chi connectivity index (χ1n) is 6.81. The monoisotopic (exact) mass is 275 g/mol. The van der Waals surface area contributed by atoms with Gasteiger partial charge in [0, 0.05) is 21.8 Å². The number of nitrogens with one attached hydrogen (secondary N) is 3. The highest BCUT2D eigenvalue weighted by Crippen LogP contribution is 2.24. The maximum absolute atomic E-state index is 3.37. The van der Waals surface area contributed by atoms with E-state index >= 15 is 0 Å². The maximum Gasteiger partial charge on any atom is 0.109 e. The van der Waals surface area contributed by atoms with Gasteiger partial charge in [-0.2, -0.15) is 0 Å². The van der Waals surface area contributed by atoms with E-state index in [1.54, 1.807) is 0 Å². The van der Waals surface area contributed by atoms with Crippen LogP contribution >= 0.6 is 0 Å². The average Bonchev–Trinajstić information content (AvgIpc) is 3.11. The molecule has 104 valence electrons. The van der Waals surface area contributed by atoms with Gasteiger partial charge in [-0.05, 0) is 24.3 Å². The number of rotatable bonds is 2. The summed E-state index contributed by atoms with van der Waals surface area (Å²) in [7, 11) is 0. The van der Waals surface area contributed by atoms with Gasteiger partial charge < -0.3 is 15.3 Å². The van der Waals surface area contributed by atoms with E-state index in [1.165, 1.54) is 10.8 Å². The molecule has 2 aromatic heterocycles. The minimum absolute atomic E-state index is 0.993. The van der Waals surface area contributed by atoms with Crippen LogP contribution in [0, 0.1) is 0 Å². The molecular weight excluding hydrogens is 258 g/mol. The largest absolute Gasteiger partial charge is 0.341 e. The van der Waals surface area contributed by atoms with Crippen molar-refractivity contribution >= 4 is 33.4 Å². The third-order valence-electron chi connectivity index (χ3n) is 3.33. The van der Waals surface area contributed by atoms with Gasteiger partial charge >= 0.3 is 0 Å². The number of anilines is 2. The first-order valence-corrected chi connectivity index (χ1v) is 6.81. The molecule has 0 saturated heterocycles. The molecule has 2 heterocycles. The van der Waals surface area contributed by atoms with Crippen molar-refractivity contribution in [3.8, 4) is 0 Å². The number of para-hydroxylation sites is 2. The van der Waals surface area contributed by atoms with Gasteiger partial charge in [-0.15, -0.1) is 13.2 Å². The normalized spacial score (nSPS) is 10.3. The molecule has 4 aromatic rings. The standard InChI is InChI=1S/C16H13N3.C2H4/c1-3-7-13-11(5-1)9-15(17-13)19-16-10-12-6-2-4-8-14(12)18-16;1-2/h1-10,17-19H;1-2H2. The zero-order valence-electron chi connectivity index (χ0n) is 11.7. The lowest BCUT2D eigenvalue weighted by Gasteiger charge is -1.98. The van der Waals surface area contributed by atoms with Crippen molar-refractivity contribution in [2.24, 2.45) is 0 Å². The molecule has 0 radical (unpaired) electrons. The van der Waals surface area contributed by atoms with Gasteiger partial charge in [0.25, 0.3) is 0 Å². The van der Waals surface area contributed by atoms with Crippen LogP contribution in [0.25, 0.3) is 21.8 Å². The number of hydrogen-bond acceptors (Lipinski definition) is 1. The van der Waals surface area contributed by atoms with E-state index in [2.05, 4.69) is 64.8 Å². The van der Waals surface area contributed by atoms with E-state index in [9.17, 15) is 0 Å². The molecule has 4 rings (SSSR count). The summed E-state index contributed by atoms with van der Waals surface area (Å²) in [6, 6.07) is 20.7. The van der Waals surface area contributed by atoms with Crippen LogP contribution in [-0.4, -0.2) is 9.97 Å². The maximum atomic E-state index is 3.37. The quantitative estimate of drug-likeness (QED) is 0.433. The Hall–Kier alpha value is -2.94. The Bertz CT molecular complexity index is 732. The second-order valence-electron chi connectivity index (χ2n) is 4.67. The smallest absolute Gasteiger partial charge is 0.109 e. The fourth-order valence-electron chi connectivity index (χ4n) is 2.43. The van der Waals surface area contributed by atoms with Crippen LogP contribution in [0.5, 0.6) is 0 Å². The predicted octanol–water partition coefficient (Wildman–Crippen LogP) is 5.20. The highest BCUT2D eigenvalue weighted by Gasteiger charge is 2.03.